The third-order valence-corrected chi connectivity index (χ3v) is 2.75. The molecule has 1 saturated heterocycles. The molecule has 2 atom stereocenters. The van der Waals surface area contributed by atoms with Gasteiger partial charge in [0, 0.05) is 18.2 Å². The molecule has 86 valence electrons. The van der Waals surface area contributed by atoms with E-state index >= 15 is 0 Å². The lowest BCUT2D eigenvalue weighted by atomic mass is 10.0. The highest BCUT2D eigenvalue weighted by atomic mass is 16.5. The molecule has 1 heterocycles. The molecule has 4 nitrogen and oxygen atoms in total. The molecule has 0 aromatic heterocycles. The molecule has 1 aromatic carbocycles. The maximum atomic E-state index is 11.8. The Bertz CT molecular complexity index is 392. The number of piperazine rings is 1. The van der Waals surface area contributed by atoms with E-state index in [4.69, 9.17) is 4.74 Å². The Labute approximate surface area is 95.0 Å². The first-order valence-electron chi connectivity index (χ1n) is 5.39. The Balaban J connectivity index is 2.31. The van der Waals surface area contributed by atoms with E-state index in [2.05, 4.69) is 10.6 Å². The lowest BCUT2D eigenvalue weighted by Gasteiger charge is -2.29. The standard InChI is InChI=1S/C12H16N2O2/c1-8-7-13-12(15)11(14-8)9-5-3-4-6-10(9)16-2/h3-6,8,11,14H,7H2,1-2H3,(H,13,15). The van der Waals surface area contributed by atoms with Crippen molar-refractivity contribution >= 4 is 5.91 Å². The van der Waals surface area contributed by atoms with Crippen molar-refractivity contribution in [1.29, 1.82) is 0 Å². The van der Waals surface area contributed by atoms with Gasteiger partial charge >= 0.3 is 0 Å². The number of methoxy groups -OCH3 is 1. The summed E-state index contributed by atoms with van der Waals surface area (Å²) in [6.45, 7) is 2.71. The second kappa shape index (κ2) is 4.53. The smallest absolute Gasteiger partial charge is 0.241 e. The van der Waals surface area contributed by atoms with Crippen LogP contribution >= 0.6 is 0 Å². The third-order valence-electron chi connectivity index (χ3n) is 2.75. The quantitative estimate of drug-likeness (QED) is 0.776. The molecule has 0 radical (unpaired) electrons. The molecule has 4 heteroatoms. The zero-order chi connectivity index (χ0) is 11.5. The lowest BCUT2D eigenvalue weighted by Crippen LogP contribution is -2.52. The number of nitrogens with one attached hydrogen (secondary N) is 2. The molecular weight excluding hydrogens is 204 g/mol. The van der Waals surface area contributed by atoms with Crippen LogP contribution in [0.4, 0.5) is 0 Å². The topological polar surface area (TPSA) is 50.4 Å². The van der Waals surface area contributed by atoms with Gasteiger partial charge in [-0.1, -0.05) is 18.2 Å². The van der Waals surface area contributed by atoms with Gasteiger partial charge in [-0.05, 0) is 13.0 Å². The summed E-state index contributed by atoms with van der Waals surface area (Å²) < 4.78 is 5.26. The van der Waals surface area contributed by atoms with Gasteiger partial charge in [-0.3, -0.25) is 10.1 Å². The van der Waals surface area contributed by atoms with Gasteiger partial charge in [-0.2, -0.15) is 0 Å². The van der Waals surface area contributed by atoms with Crippen LogP contribution in [0.5, 0.6) is 5.75 Å². The first kappa shape index (κ1) is 11.0. The second-order valence-electron chi connectivity index (χ2n) is 3.99. The Hall–Kier alpha value is -1.55. The Morgan fingerprint density at radius 1 is 1.38 bits per heavy atom. The predicted octanol–water partition coefficient (Wildman–Crippen LogP) is 0.844. The molecule has 0 spiro atoms. The molecule has 2 unspecified atom stereocenters. The normalized spacial score (nSPS) is 25.0. The summed E-state index contributed by atoms with van der Waals surface area (Å²) in [4.78, 5) is 11.8. The van der Waals surface area contributed by atoms with Crippen LogP contribution in [0.2, 0.25) is 0 Å². The van der Waals surface area contributed by atoms with Crippen molar-refractivity contribution in [3.8, 4) is 5.75 Å². The van der Waals surface area contributed by atoms with Crippen LogP contribution < -0.4 is 15.4 Å². The van der Waals surface area contributed by atoms with Gasteiger partial charge in [0.15, 0.2) is 0 Å². The van der Waals surface area contributed by atoms with Crippen molar-refractivity contribution in [3.63, 3.8) is 0 Å². The summed E-state index contributed by atoms with van der Waals surface area (Å²) in [6, 6.07) is 7.53. The van der Waals surface area contributed by atoms with Gasteiger partial charge in [0.25, 0.3) is 0 Å². The maximum Gasteiger partial charge on any atom is 0.241 e. The molecule has 0 saturated carbocycles. The number of amides is 1. The summed E-state index contributed by atoms with van der Waals surface area (Å²) >= 11 is 0. The molecule has 2 rings (SSSR count). The molecular formula is C12H16N2O2. The van der Waals surface area contributed by atoms with Crippen molar-refractivity contribution in [2.45, 2.75) is 19.0 Å². The number of para-hydroxylation sites is 1. The minimum atomic E-state index is -0.320. The van der Waals surface area contributed by atoms with E-state index in [-0.39, 0.29) is 18.0 Å². The van der Waals surface area contributed by atoms with Crippen LogP contribution in [0.3, 0.4) is 0 Å². The number of carbonyl (C=O) groups excluding carboxylic acids is 1. The van der Waals surface area contributed by atoms with Crippen molar-refractivity contribution in [2.75, 3.05) is 13.7 Å². The predicted molar refractivity (Wildman–Crippen MR) is 61.3 cm³/mol. The fourth-order valence-electron chi connectivity index (χ4n) is 1.91. The van der Waals surface area contributed by atoms with Gasteiger partial charge in [0.1, 0.15) is 11.8 Å². The van der Waals surface area contributed by atoms with Crippen LogP contribution in [0, 0.1) is 0 Å². The molecule has 0 bridgehead atoms. The van der Waals surface area contributed by atoms with E-state index in [0.29, 0.717) is 6.54 Å². The molecule has 1 fully saturated rings. The summed E-state index contributed by atoms with van der Waals surface area (Å²) in [5.41, 5.74) is 0.883. The number of benzene rings is 1. The number of rotatable bonds is 2. The summed E-state index contributed by atoms with van der Waals surface area (Å²) in [6.07, 6.45) is 0. The zero-order valence-corrected chi connectivity index (χ0v) is 9.49. The first-order chi connectivity index (χ1) is 7.72. The summed E-state index contributed by atoms with van der Waals surface area (Å²) in [7, 11) is 1.61. The van der Waals surface area contributed by atoms with Crippen LogP contribution in [-0.4, -0.2) is 25.6 Å². The van der Waals surface area contributed by atoms with Gasteiger partial charge in [-0.25, -0.2) is 0 Å². The molecule has 16 heavy (non-hydrogen) atoms. The van der Waals surface area contributed by atoms with E-state index in [1.165, 1.54) is 0 Å². The molecule has 1 amide bonds. The first-order valence-corrected chi connectivity index (χ1v) is 5.39. The fourth-order valence-corrected chi connectivity index (χ4v) is 1.91. The average molecular weight is 220 g/mol. The molecule has 1 aliphatic rings. The van der Waals surface area contributed by atoms with Crippen LogP contribution in [0.25, 0.3) is 0 Å². The van der Waals surface area contributed by atoms with Gasteiger partial charge in [0.2, 0.25) is 5.91 Å². The van der Waals surface area contributed by atoms with Crippen molar-refractivity contribution in [1.82, 2.24) is 10.6 Å². The van der Waals surface area contributed by atoms with E-state index in [1.807, 2.05) is 31.2 Å². The highest BCUT2D eigenvalue weighted by molar-refractivity contribution is 5.84. The monoisotopic (exact) mass is 220 g/mol. The average Bonchev–Trinajstić information content (AvgIpc) is 2.32. The van der Waals surface area contributed by atoms with E-state index in [9.17, 15) is 4.79 Å². The fraction of sp³-hybridized carbons (Fsp3) is 0.417. The van der Waals surface area contributed by atoms with E-state index in [1.54, 1.807) is 7.11 Å². The van der Waals surface area contributed by atoms with E-state index < -0.39 is 0 Å². The lowest BCUT2D eigenvalue weighted by molar-refractivity contribution is -0.125. The maximum absolute atomic E-state index is 11.8. The Kier molecular flexibility index (Phi) is 3.10. The minimum Gasteiger partial charge on any atom is -0.496 e. The SMILES string of the molecule is COc1ccccc1C1NC(C)CNC1=O. The van der Waals surface area contributed by atoms with Gasteiger partial charge < -0.3 is 10.1 Å². The zero-order valence-electron chi connectivity index (χ0n) is 9.49. The summed E-state index contributed by atoms with van der Waals surface area (Å²) in [5, 5.41) is 6.14. The molecule has 2 N–H and O–H groups in total. The largest absolute Gasteiger partial charge is 0.496 e. The molecule has 1 aromatic rings. The van der Waals surface area contributed by atoms with E-state index in [0.717, 1.165) is 11.3 Å². The Morgan fingerprint density at radius 3 is 2.88 bits per heavy atom. The number of hydrogen-bond acceptors (Lipinski definition) is 3. The van der Waals surface area contributed by atoms with Gasteiger partial charge in [-0.15, -0.1) is 0 Å². The highest BCUT2D eigenvalue weighted by Crippen LogP contribution is 2.26. The molecule has 0 aliphatic carbocycles. The van der Waals surface area contributed by atoms with Gasteiger partial charge in [0.05, 0.1) is 7.11 Å². The van der Waals surface area contributed by atoms with Crippen molar-refractivity contribution in [2.24, 2.45) is 0 Å². The second-order valence-corrected chi connectivity index (χ2v) is 3.99. The van der Waals surface area contributed by atoms with Crippen molar-refractivity contribution < 1.29 is 9.53 Å². The minimum absolute atomic E-state index is 0.00241. The molecule has 1 aliphatic heterocycles. The van der Waals surface area contributed by atoms with Crippen LogP contribution in [0.1, 0.15) is 18.5 Å². The third kappa shape index (κ3) is 2.02. The Morgan fingerprint density at radius 2 is 2.12 bits per heavy atom. The van der Waals surface area contributed by atoms with Crippen molar-refractivity contribution in [3.05, 3.63) is 29.8 Å². The highest BCUT2D eigenvalue weighted by Gasteiger charge is 2.28. The summed E-state index contributed by atoms with van der Waals surface area (Å²) in [5.74, 6) is 0.742. The van der Waals surface area contributed by atoms with Crippen LogP contribution in [0.15, 0.2) is 24.3 Å². The number of carbonyl (C=O) groups is 1. The van der Waals surface area contributed by atoms with Crippen LogP contribution in [-0.2, 0) is 4.79 Å². The number of hydrogen-bond donors (Lipinski definition) is 2. The number of ether oxygens (including phenoxy) is 1.